The van der Waals surface area contributed by atoms with Crippen LogP contribution in [0.4, 0.5) is 30.7 Å². The Morgan fingerprint density at radius 1 is 0.471 bits per heavy atom. The quantitative estimate of drug-likeness (QED) is 0.382. The number of hydrogen-bond acceptors (Lipinski definition) is 0. The lowest BCUT2D eigenvalue weighted by atomic mass is 10.1. The van der Waals surface area contributed by atoms with Crippen molar-refractivity contribution >= 4 is 10.8 Å². The molecule has 0 heterocycles. The summed E-state index contributed by atoms with van der Waals surface area (Å²) in [5.41, 5.74) is 0. The summed E-state index contributed by atoms with van der Waals surface area (Å²) in [6.45, 7) is 0. The predicted molar refractivity (Wildman–Crippen MR) is 42.5 cm³/mol. The SMILES string of the molecule is Fc1[c]c(F)c2c(F)c(F)c(F)c(F)c2c1F. The van der Waals surface area contributed by atoms with Gasteiger partial charge in [-0.1, -0.05) is 0 Å². The largest absolute Gasteiger partial charge is 0.205 e. The molecule has 0 aromatic heterocycles. The third-order valence-corrected chi connectivity index (χ3v) is 2.12. The van der Waals surface area contributed by atoms with Crippen LogP contribution >= 0.6 is 0 Å². The van der Waals surface area contributed by atoms with E-state index in [9.17, 15) is 30.7 Å². The Morgan fingerprint density at radius 2 is 0.941 bits per heavy atom. The molecule has 0 fully saturated rings. The van der Waals surface area contributed by atoms with Crippen molar-refractivity contribution in [3.05, 3.63) is 46.8 Å². The zero-order chi connectivity index (χ0) is 12.9. The topological polar surface area (TPSA) is 0 Å². The molecule has 0 unspecified atom stereocenters. The van der Waals surface area contributed by atoms with Crippen LogP contribution < -0.4 is 0 Å². The number of hydrogen-bond donors (Lipinski definition) is 0. The van der Waals surface area contributed by atoms with Gasteiger partial charge in [0.1, 0.15) is 5.82 Å². The van der Waals surface area contributed by atoms with E-state index in [0.717, 1.165) is 6.07 Å². The van der Waals surface area contributed by atoms with E-state index in [2.05, 4.69) is 0 Å². The van der Waals surface area contributed by atoms with Crippen LogP contribution in [0.3, 0.4) is 0 Å². The molecule has 1 radical (unpaired) electrons. The number of benzene rings is 2. The summed E-state index contributed by atoms with van der Waals surface area (Å²) in [4.78, 5) is 0. The maximum atomic E-state index is 13.1. The molecule has 0 amide bonds. The van der Waals surface area contributed by atoms with Crippen LogP contribution in [0, 0.1) is 46.8 Å². The number of halogens is 7. The van der Waals surface area contributed by atoms with Crippen molar-refractivity contribution < 1.29 is 30.7 Å². The Labute approximate surface area is 89.3 Å². The highest BCUT2D eigenvalue weighted by atomic mass is 19.2. The third-order valence-electron chi connectivity index (χ3n) is 2.12. The Bertz CT molecular complexity index is 633. The first-order chi connectivity index (χ1) is 7.86. The smallest absolute Gasteiger partial charge is 0.198 e. The molecule has 0 aliphatic rings. The number of fused-ring (bicyclic) bond motifs is 1. The molecule has 2 aromatic rings. The molecule has 0 saturated heterocycles. The summed E-state index contributed by atoms with van der Waals surface area (Å²) in [6.07, 6.45) is 0. The molecule has 0 bridgehead atoms. The lowest BCUT2D eigenvalue weighted by Crippen LogP contribution is -2.03. The first-order valence-corrected chi connectivity index (χ1v) is 4.07. The normalized spacial score (nSPS) is 11.2. The zero-order valence-corrected chi connectivity index (χ0v) is 7.65. The molecule has 17 heavy (non-hydrogen) atoms. The van der Waals surface area contributed by atoms with Gasteiger partial charge in [0.2, 0.25) is 0 Å². The van der Waals surface area contributed by atoms with Gasteiger partial charge in [0, 0.05) is 0 Å². The fourth-order valence-electron chi connectivity index (χ4n) is 1.37. The summed E-state index contributed by atoms with van der Waals surface area (Å²) in [5.74, 6) is -14.9. The highest BCUT2D eigenvalue weighted by molar-refractivity contribution is 5.85. The van der Waals surface area contributed by atoms with Crippen LogP contribution in [-0.4, -0.2) is 0 Å². The van der Waals surface area contributed by atoms with Crippen LogP contribution in [0.25, 0.3) is 10.8 Å². The van der Waals surface area contributed by atoms with E-state index in [0.29, 0.717) is 0 Å². The van der Waals surface area contributed by atoms with E-state index >= 15 is 0 Å². The zero-order valence-electron chi connectivity index (χ0n) is 7.65. The summed E-state index contributed by atoms with van der Waals surface area (Å²) < 4.78 is 90.4. The maximum absolute atomic E-state index is 13.1. The highest BCUT2D eigenvalue weighted by Crippen LogP contribution is 2.31. The molecule has 2 rings (SSSR count). The minimum Gasteiger partial charge on any atom is -0.205 e. The van der Waals surface area contributed by atoms with Crippen LogP contribution in [0.2, 0.25) is 0 Å². The van der Waals surface area contributed by atoms with Gasteiger partial charge in [-0.15, -0.1) is 0 Å². The van der Waals surface area contributed by atoms with E-state index < -0.39 is 51.5 Å². The summed E-state index contributed by atoms with van der Waals surface area (Å²) in [7, 11) is 0. The van der Waals surface area contributed by atoms with Crippen LogP contribution in [-0.2, 0) is 0 Å². The van der Waals surface area contributed by atoms with Gasteiger partial charge in [0.25, 0.3) is 0 Å². The molecule has 0 nitrogen and oxygen atoms in total. The van der Waals surface area contributed by atoms with Crippen LogP contribution in [0.1, 0.15) is 0 Å². The second-order valence-electron chi connectivity index (χ2n) is 3.07. The van der Waals surface area contributed by atoms with E-state index in [1.165, 1.54) is 0 Å². The average Bonchev–Trinajstić information content (AvgIpc) is 2.28. The van der Waals surface area contributed by atoms with E-state index in [4.69, 9.17) is 0 Å². The Morgan fingerprint density at radius 3 is 1.47 bits per heavy atom. The molecule has 0 atom stereocenters. The molecule has 2 aromatic carbocycles. The van der Waals surface area contributed by atoms with E-state index in [1.54, 1.807) is 0 Å². The fourth-order valence-corrected chi connectivity index (χ4v) is 1.37. The minimum absolute atomic E-state index is 1.09. The fraction of sp³-hybridized carbons (Fsp3) is 0. The maximum Gasteiger partial charge on any atom is 0.198 e. The third kappa shape index (κ3) is 1.45. The molecule has 0 saturated carbocycles. The van der Waals surface area contributed by atoms with Crippen molar-refractivity contribution in [3.63, 3.8) is 0 Å². The van der Waals surface area contributed by atoms with Crippen molar-refractivity contribution in [2.75, 3.05) is 0 Å². The Balaban J connectivity index is 3.17. The highest BCUT2D eigenvalue weighted by Gasteiger charge is 2.27. The van der Waals surface area contributed by atoms with Gasteiger partial charge in [0.05, 0.1) is 16.8 Å². The summed E-state index contributed by atoms with van der Waals surface area (Å²) >= 11 is 0. The Kier molecular flexibility index (Phi) is 2.48. The van der Waals surface area contributed by atoms with Crippen molar-refractivity contribution in [1.29, 1.82) is 0 Å². The van der Waals surface area contributed by atoms with E-state index in [-0.39, 0.29) is 0 Å². The molecular formula is C10F7. The van der Waals surface area contributed by atoms with Crippen molar-refractivity contribution in [2.45, 2.75) is 0 Å². The lowest BCUT2D eigenvalue weighted by molar-refractivity contribution is 0.411. The van der Waals surface area contributed by atoms with Gasteiger partial charge in [-0.3, -0.25) is 0 Å². The van der Waals surface area contributed by atoms with Crippen molar-refractivity contribution in [2.24, 2.45) is 0 Å². The molecule has 0 aliphatic carbocycles. The van der Waals surface area contributed by atoms with Crippen molar-refractivity contribution in [3.8, 4) is 0 Å². The molecule has 0 spiro atoms. The second-order valence-corrected chi connectivity index (χ2v) is 3.07. The average molecular weight is 253 g/mol. The molecule has 0 aliphatic heterocycles. The van der Waals surface area contributed by atoms with Gasteiger partial charge < -0.3 is 0 Å². The molecule has 0 N–H and O–H groups in total. The van der Waals surface area contributed by atoms with Gasteiger partial charge >= 0.3 is 0 Å². The van der Waals surface area contributed by atoms with E-state index in [1.807, 2.05) is 0 Å². The van der Waals surface area contributed by atoms with Gasteiger partial charge in [-0.2, -0.15) is 0 Å². The predicted octanol–water partition coefficient (Wildman–Crippen LogP) is 3.61. The lowest BCUT2D eigenvalue weighted by Gasteiger charge is -2.06. The van der Waals surface area contributed by atoms with Crippen molar-refractivity contribution in [1.82, 2.24) is 0 Å². The van der Waals surface area contributed by atoms with Crippen LogP contribution in [0.15, 0.2) is 0 Å². The Hall–Kier alpha value is -1.79. The standard InChI is InChI=1S/C10F7/c11-2-1-3(12)6(13)5-4(2)7(14)9(16)10(17)8(5)15. The summed E-state index contributed by atoms with van der Waals surface area (Å²) in [5, 5.41) is -3.16. The molecule has 89 valence electrons. The second kappa shape index (κ2) is 3.61. The first-order valence-electron chi connectivity index (χ1n) is 4.07. The monoisotopic (exact) mass is 253 g/mol. The first kappa shape index (κ1) is 11.7. The van der Waals surface area contributed by atoms with Gasteiger partial charge in [0.15, 0.2) is 34.9 Å². The van der Waals surface area contributed by atoms with Gasteiger partial charge in [-0.25, -0.2) is 30.7 Å². The summed E-state index contributed by atoms with van der Waals surface area (Å²) in [6, 6.07) is 1.09. The molecular weight excluding hydrogens is 253 g/mol. The van der Waals surface area contributed by atoms with Gasteiger partial charge in [-0.05, 0) is 0 Å². The molecule has 7 heteroatoms. The number of rotatable bonds is 0. The van der Waals surface area contributed by atoms with Crippen LogP contribution in [0.5, 0.6) is 0 Å². The minimum atomic E-state index is -2.35.